The number of hydrogen-bond donors (Lipinski definition) is 1. The van der Waals surface area contributed by atoms with Gasteiger partial charge < -0.3 is 15.1 Å². The smallest absolute Gasteiger partial charge is 0.254 e. The standard InChI is InChI=1S/C23H23N5O3/c1-15-19(16(2)28-23(26-15)20(13-25-28)22(24)30)10-11-21(29)27(14-18-9-6-12-31-18)17-7-4-3-5-8-17/h3-9,12-13H,10-11,14H2,1-2H3,(H2,24,30). The summed E-state index contributed by atoms with van der Waals surface area (Å²) in [7, 11) is 0. The summed E-state index contributed by atoms with van der Waals surface area (Å²) < 4.78 is 7.06. The van der Waals surface area contributed by atoms with Crippen molar-refractivity contribution in [3.63, 3.8) is 0 Å². The maximum absolute atomic E-state index is 13.2. The van der Waals surface area contributed by atoms with Crippen LogP contribution < -0.4 is 10.6 Å². The second-order valence-electron chi connectivity index (χ2n) is 7.31. The van der Waals surface area contributed by atoms with Gasteiger partial charge in [-0.15, -0.1) is 0 Å². The first-order valence-electron chi connectivity index (χ1n) is 9.97. The van der Waals surface area contributed by atoms with E-state index in [1.807, 2.05) is 50.2 Å². The van der Waals surface area contributed by atoms with E-state index in [9.17, 15) is 9.59 Å². The third-order valence-corrected chi connectivity index (χ3v) is 5.33. The van der Waals surface area contributed by atoms with E-state index in [1.165, 1.54) is 6.20 Å². The monoisotopic (exact) mass is 417 g/mol. The fourth-order valence-corrected chi connectivity index (χ4v) is 3.70. The van der Waals surface area contributed by atoms with E-state index >= 15 is 0 Å². The highest BCUT2D eigenvalue weighted by Crippen LogP contribution is 2.22. The lowest BCUT2D eigenvalue weighted by molar-refractivity contribution is -0.118. The molecular formula is C23H23N5O3. The maximum Gasteiger partial charge on any atom is 0.254 e. The molecule has 0 spiro atoms. The summed E-state index contributed by atoms with van der Waals surface area (Å²) in [5.41, 5.74) is 9.44. The largest absolute Gasteiger partial charge is 0.467 e. The van der Waals surface area contributed by atoms with Gasteiger partial charge in [0.25, 0.3) is 5.91 Å². The number of hydrogen-bond acceptors (Lipinski definition) is 5. The lowest BCUT2D eigenvalue weighted by Crippen LogP contribution is -2.30. The Morgan fingerprint density at radius 2 is 1.90 bits per heavy atom. The SMILES string of the molecule is Cc1nc2c(C(N)=O)cnn2c(C)c1CCC(=O)N(Cc1ccco1)c1ccccc1. The summed E-state index contributed by atoms with van der Waals surface area (Å²) in [6.07, 6.45) is 3.80. The van der Waals surface area contributed by atoms with Crippen LogP contribution >= 0.6 is 0 Å². The number of benzene rings is 1. The van der Waals surface area contributed by atoms with Gasteiger partial charge in [-0.2, -0.15) is 5.10 Å². The molecule has 0 aliphatic carbocycles. The first-order valence-corrected chi connectivity index (χ1v) is 9.97. The van der Waals surface area contributed by atoms with Gasteiger partial charge in [-0.25, -0.2) is 9.50 Å². The summed E-state index contributed by atoms with van der Waals surface area (Å²) in [5.74, 6) is 0.114. The molecular weight excluding hydrogens is 394 g/mol. The summed E-state index contributed by atoms with van der Waals surface area (Å²) in [6.45, 7) is 4.12. The number of primary amides is 1. The molecule has 1 aromatic carbocycles. The Hall–Kier alpha value is -3.94. The Morgan fingerprint density at radius 3 is 2.58 bits per heavy atom. The molecule has 0 radical (unpaired) electrons. The van der Waals surface area contributed by atoms with Crippen molar-refractivity contribution in [2.75, 3.05) is 4.90 Å². The van der Waals surface area contributed by atoms with Gasteiger partial charge in [-0.1, -0.05) is 18.2 Å². The third kappa shape index (κ3) is 4.05. The average molecular weight is 417 g/mol. The molecule has 2 N–H and O–H groups in total. The summed E-state index contributed by atoms with van der Waals surface area (Å²) >= 11 is 0. The Balaban J connectivity index is 1.59. The molecule has 31 heavy (non-hydrogen) atoms. The summed E-state index contributed by atoms with van der Waals surface area (Å²) in [4.78, 5) is 31.0. The van der Waals surface area contributed by atoms with Gasteiger partial charge in [0.2, 0.25) is 5.91 Å². The van der Waals surface area contributed by atoms with Crippen LogP contribution in [0.3, 0.4) is 0 Å². The minimum atomic E-state index is -0.569. The van der Waals surface area contributed by atoms with E-state index in [2.05, 4.69) is 10.1 Å². The van der Waals surface area contributed by atoms with Gasteiger partial charge in [-0.3, -0.25) is 9.59 Å². The van der Waals surface area contributed by atoms with Crippen molar-refractivity contribution in [3.05, 3.63) is 83.2 Å². The molecule has 0 fully saturated rings. The van der Waals surface area contributed by atoms with Crippen molar-refractivity contribution in [2.45, 2.75) is 33.2 Å². The zero-order chi connectivity index (χ0) is 22.0. The molecule has 0 bridgehead atoms. The number of nitrogens with two attached hydrogens (primary N) is 1. The van der Waals surface area contributed by atoms with Crippen molar-refractivity contribution >= 4 is 23.1 Å². The van der Waals surface area contributed by atoms with Gasteiger partial charge in [0.05, 0.1) is 19.0 Å². The van der Waals surface area contributed by atoms with Gasteiger partial charge in [0.1, 0.15) is 11.3 Å². The molecule has 4 aromatic rings. The van der Waals surface area contributed by atoms with E-state index in [-0.39, 0.29) is 17.9 Å². The minimum absolute atomic E-state index is 0.0280. The van der Waals surface area contributed by atoms with Gasteiger partial charge >= 0.3 is 0 Å². The molecule has 0 aliphatic rings. The lowest BCUT2D eigenvalue weighted by atomic mass is 10.1. The highest BCUT2D eigenvalue weighted by Gasteiger charge is 2.20. The van der Waals surface area contributed by atoms with Crippen LogP contribution in [0.15, 0.2) is 59.3 Å². The van der Waals surface area contributed by atoms with Crippen molar-refractivity contribution < 1.29 is 14.0 Å². The zero-order valence-corrected chi connectivity index (χ0v) is 17.4. The van der Waals surface area contributed by atoms with Crippen molar-refractivity contribution in [3.8, 4) is 0 Å². The molecule has 4 rings (SSSR count). The number of furan rings is 1. The first kappa shape index (κ1) is 20.3. The van der Waals surface area contributed by atoms with Crippen molar-refractivity contribution in [2.24, 2.45) is 5.73 Å². The van der Waals surface area contributed by atoms with Crippen LogP contribution in [0, 0.1) is 13.8 Å². The Kier molecular flexibility index (Phi) is 5.53. The van der Waals surface area contributed by atoms with Crippen LogP contribution in [0.5, 0.6) is 0 Å². The third-order valence-electron chi connectivity index (χ3n) is 5.33. The molecule has 0 unspecified atom stereocenters. The van der Waals surface area contributed by atoms with E-state index in [4.69, 9.17) is 10.2 Å². The average Bonchev–Trinajstić information content (AvgIpc) is 3.42. The van der Waals surface area contributed by atoms with Crippen LogP contribution in [-0.4, -0.2) is 26.4 Å². The molecule has 8 nitrogen and oxygen atoms in total. The second-order valence-corrected chi connectivity index (χ2v) is 7.31. The topological polar surface area (TPSA) is 107 Å². The van der Waals surface area contributed by atoms with Crippen LogP contribution in [0.4, 0.5) is 5.69 Å². The number of carbonyl (C=O) groups is 2. The first-order chi connectivity index (χ1) is 15.0. The highest BCUT2D eigenvalue weighted by atomic mass is 16.3. The van der Waals surface area contributed by atoms with Crippen LogP contribution in [-0.2, 0) is 17.8 Å². The predicted octanol–water partition coefficient (Wildman–Crippen LogP) is 3.20. The number of rotatable bonds is 7. The number of amides is 2. The summed E-state index contributed by atoms with van der Waals surface area (Å²) in [5, 5.41) is 4.25. The second kappa shape index (κ2) is 8.43. The van der Waals surface area contributed by atoms with Crippen LogP contribution in [0.2, 0.25) is 0 Å². The number of nitrogens with zero attached hydrogens (tertiary/aromatic N) is 4. The quantitative estimate of drug-likeness (QED) is 0.497. The molecule has 3 heterocycles. The lowest BCUT2D eigenvalue weighted by Gasteiger charge is -2.22. The van der Waals surface area contributed by atoms with Crippen molar-refractivity contribution in [1.82, 2.24) is 14.6 Å². The fraction of sp³-hybridized carbons (Fsp3) is 0.217. The van der Waals surface area contributed by atoms with E-state index in [0.29, 0.717) is 24.4 Å². The zero-order valence-electron chi connectivity index (χ0n) is 17.4. The van der Waals surface area contributed by atoms with Crippen LogP contribution in [0.25, 0.3) is 5.65 Å². The van der Waals surface area contributed by atoms with E-state index in [1.54, 1.807) is 21.7 Å². The van der Waals surface area contributed by atoms with Crippen molar-refractivity contribution in [1.29, 1.82) is 0 Å². The number of para-hydroxylation sites is 1. The Morgan fingerprint density at radius 1 is 1.13 bits per heavy atom. The highest BCUT2D eigenvalue weighted by molar-refractivity contribution is 5.98. The Labute approximate surface area is 179 Å². The fourth-order valence-electron chi connectivity index (χ4n) is 3.70. The van der Waals surface area contributed by atoms with Gasteiger partial charge in [0, 0.05) is 23.5 Å². The summed E-state index contributed by atoms with van der Waals surface area (Å²) in [6, 6.07) is 13.2. The van der Waals surface area contributed by atoms with E-state index < -0.39 is 5.91 Å². The van der Waals surface area contributed by atoms with Gasteiger partial charge in [-0.05, 0) is 50.1 Å². The molecule has 0 aliphatic heterocycles. The normalized spacial score (nSPS) is 11.0. The van der Waals surface area contributed by atoms with Crippen LogP contribution in [0.1, 0.15) is 39.5 Å². The predicted molar refractivity (Wildman–Crippen MR) is 116 cm³/mol. The molecule has 2 amide bonds. The molecule has 8 heteroatoms. The number of carbonyl (C=O) groups excluding carboxylic acids is 2. The minimum Gasteiger partial charge on any atom is -0.467 e. The number of aromatic nitrogens is 3. The molecule has 158 valence electrons. The molecule has 3 aromatic heterocycles. The van der Waals surface area contributed by atoms with Gasteiger partial charge in [0.15, 0.2) is 5.65 Å². The number of aryl methyl sites for hydroxylation is 2. The molecule has 0 atom stereocenters. The molecule has 0 saturated heterocycles. The molecule has 0 saturated carbocycles. The Bertz CT molecular complexity index is 1230. The van der Waals surface area contributed by atoms with E-state index in [0.717, 1.165) is 22.6 Å². The maximum atomic E-state index is 13.2. The number of fused-ring (bicyclic) bond motifs is 1. The number of anilines is 1.